The Morgan fingerprint density at radius 1 is 1.17 bits per heavy atom. The fourth-order valence-corrected chi connectivity index (χ4v) is 2.72. The third-order valence-corrected chi connectivity index (χ3v) is 4.14. The third kappa shape index (κ3) is 4.49. The predicted octanol–water partition coefficient (Wildman–Crippen LogP) is 0.681. The van der Waals surface area contributed by atoms with Crippen molar-refractivity contribution in [2.45, 2.75) is 6.10 Å². The molecule has 1 amide bonds. The Hall–Kier alpha value is -1.99. The zero-order valence-electron chi connectivity index (χ0n) is 13.1. The number of hydrogen-bond acceptors (Lipinski definition) is 6. The lowest BCUT2D eigenvalue weighted by molar-refractivity contribution is -0.0796. The number of amides is 1. The summed E-state index contributed by atoms with van der Waals surface area (Å²) in [5, 5.41) is 0. The lowest BCUT2D eigenvalue weighted by Crippen LogP contribution is -2.47. The SMILES string of the molecule is NC(=O)OCCN1CCN(c2ccc(OC3COC3)cc2)CC1. The number of benzene rings is 1. The number of nitrogens with zero attached hydrogens (tertiary/aromatic N) is 2. The van der Waals surface area contributed by atoms with Crippen LogP contribution in [0.5, 0.6) is 5.75 Å². The molecule has 0 unspecified atom stereocenters. The normalized spacial score (nSPS) is 19.2. The number of carbonyl (C=O) groups excluding carboxylic acids is 1. The summed E-state index contributed by atoms with van der Waals surface area (Å²) in [6, 6.07) is 8.23. The van der Waals surface area contributed by atoms with Crippen LogP contribution in [-0.4, -0.2) is 69.6 Å². The molecule has 0 spiro atoms. The van der Waals surface area contributed by atoms with Crippen LogP contribution in [0, 0.1) is 0 Å². The van der Waals surface area contributed by atoms with E-state index in [1.807, 2.05) is 12.1 Å². The van der Waals surface area contributed by atoms with Gasteiger partial charge in [0.15, 0.2) is 0 Å². The van der Waals surface area contributed by atoms with Crippen molar-refractivity contribution >= 4 is 11.8 Å². The summed E-state index contributed by atoms with van der Waals surface area (Å²) in [7, 11) is 0. The van der Waals surface area contributed by atoms with Crippen molar-refractivity contribution in [1.29, 1.82) is 0 Å². The summed E-state index contributed by atoms with van der Waals surface area (Å²) < 4.78 is 15.7. The Morgan fingerprint density at radius 2 is 1.87 bits per heavy atom. The molecule has 23 heavy (non-hydrogen) atoms. The Labute approximate surface area is 135 Å². The number of carbonyl (C=O) groups is 1. The molecule has 126 valence electrons. The summed E-state index contributed by atoms with van der Waals surface area (Å²) in [5.41, 5.74) is 6.16. The van der Waals surface area contributed by atoms with E-state index in [2.05, 4.69) is 21.9 Å². The van der Waals surface area contributed by atoms with E-state index in [9.17, 15) is 4.79 Å². The number of primary amides is 1. The van der Waals surface area contributed by atoms with E-state index in [1.54, 1.807) is 0 Å². The van der Waals surface area contributed by atoms with Gasteiger partial charge in [-0.3, -0.25) is 4.90 Å². The Balaban J connectivity index is 1.42. The van der Waals surface area contributed by atoms with Crippen LogP contribution in [0.2, 0.25) is 0 Å². The largest absolute Gasteiger partial charge is 0.486 e. The van der Waals surface area contributed by atoms with Crippen LogP contribution in [0.25, 0.3) is 0 Å². The zero-order valence-corrected chi connectivity index (χ0v) is 13.1. The minimum atomic E-state index is -0.709. The smallest absolute Gasteiger partial charge is 0.404 e. The fraction of sp³-hybridized carbons (Fsp3) is 0.562. The lowest BCUT2D eigenvalue weighted by Gasteiger charge is -2.36. The van der Waals surface area contributed by atoms with Crippen molar-refractivity contribution in [3.63, 3.8) is 0 Å². The van der Waals surface area contributed by atoms with E-state index in [0.717, 1.165) is 38.5 Å². The molecule has 2 saturated heterocycles. The standard InChI is InChI=1S/C16H23N3O4/c17-16(20)22-10-9-18-5-7-19(8-6-18)13-1-3-14(4-2-13)23-15-11-21-12-15/h1-4,15H,5-12H2,(H2,17,20). The van der Waals surface area contributed by atoms with Gasteiger partial charge in [-0.15, -0.1) is 0 Å². The molecule has 2 heterocycles. The Kier molecular flexibility index (Phi) is 5.19. The first-order valence-corrected chi connectivity index (χ1v) is 7.95. The van der Waals surface area contributed by atoms with E-state index in [0.29, 0.717) is 19.8 Å². The van der Waals surface area contributed by atoms with Crippen LogP contribution >= 0.6 is 0 Å². The molecule has 2 aliphatic heterocycles. The van der Waals surface area contributed by atoms with Crippen LogP contribution < -0.4 is 15.4 Å². The van der Waals surface area contributed by atoms with E-state index in [-0.39, 0.29) is 6.10 Å². The zero-order chi connectivity index (χ0) is 16.1. The van der Waals surface area contributed by atoms with Gasteiger partial charge in [-0.25, -0.2) is 4.79 Å². The molecule has 0 bridgehead atoms. The first kappa shape index (κ1) is 15.9. The summed E-state index contributed by atoms with van der Waals surface area (Å²) in [4.78, 5) is 15.2. The Morgan fingerprint density at radius 3 is 2.43 bits per heavy atom. The summed E-state index contributed by atoms with van der Waals surface area (Å²) in [6.07, 6.45) is -0.508. The van der Waals surface area contributed by atoms with Crippen LogP contribution in [0.4, 0.5) is 10.5 Å². The molecule has 1 aromatic carbocycles. The number of anilines is 1. The maximum atomic E-state index is 10.6. The monoisotopic (exact) mass is 321 g/mol. The van der Waals surface area contributed by atoms with Gasteiger partial charge in [-0.1, -0.05) is 0 Å². The summed E-state index contributed by atoms with van der Waals surface area (Å²) in [6.45, 7) is 6.24. The number of piperazine rings is 1. The van der Waals surface area contributed by atoms with Gasteiger partial charge in [-0.2, -0.15) is 0 Å². The van der Waals surface area contributed by atoms with E-state index in [4.69, 9.17) is 19.9 Å². The highest BCUT2D eigenvalue weighted by molar-refractivity contribution is 5.64. The number of ether oxygens (including phenoxy) is 3. The molecule has 7 nitrogen and oxygen atoms in total. The first-order valence-electron chi connectivity index (χ1n) is 7.95. The first-order chi connectivity index (χ1) is 11.2. The maximum absolute atomic E-state index is 10.6. The van der Waals surface area contributed by atoms with E-state index >= 15 is 0 Å². The van der Waals surface area contributed by atoms with Crippen LogP contribution in [0.3, 0.4) is 0 Å². The van der Waals surface area contributed by atoms with E-state index < -0.39 is 6.09 Å². The quantitative estimate of drug-likeness (QED) is 0.830. The lowest BCUT2D eigenvalue weighted by atomic mass is 10.2. The highest BCUT2D eigenvalue weighted by Crippen LogP contribution is 2.22. The molecule has 0 atom stereocenters. The molecule has 1 aromatic rings. The summed E-state index contributed by atoms with van der Waals surface area (Å²) >= 11 is 0. The maximum Gasteiger partial charge on any atom is 0.404 e. The minimum absolute atomic E-state index is 0.201. The molecular weight excluding hydrogens is 298 g/mol. The second-order valence-corrected chi connectivity index (χ2v) is 5.77. The van der Waals surface area contributed by atoms with Crippen molar-refractivity contribution < 1.29 is 19.0 Å². The van der Waals surface area contributed by atoms with Crippen molar-refractivity contribution in [2.24, 2.45) is 5.73 Å². The average Bonchev–Trinajstić information content (AvgIpc) is 2.52. The summed E-state index contributed by atoms with van der Waals surface area (Å²) in [5.74, 6) is 0.893. The third-order valence-electron chi connectivity index (χ3n) is 4.14. The molecule has 3 rings (SSSR count). The topological polar surface area (TPSA) is 77.3 Å². The van der Waals surface area contributed by atoms with Crippen molar-refractivity contribution in [3.8, 4) is 5.75 Å². The van der Waals surface area contributed by atoms with Crippen molar-refractivity contribution in [3.05, 3.63) is 24.3 Å². The fourth-order valence-electron chi connectivity index (χ4n) is 2.72. The predicted molar refractivity (Wildman–Crippen MR) is 85.9 cm³/mol. The molecule has 0 aromatic heterocycles. The van der Waals surface area contributed by atoms with Crippen LogP contribution in [0.15, 0.2) is 24.3 Å². The van der Waals surface area contributed by atoms with Gasteiger partial charge in [0.2, 0.25) is 0 Å². The number of rotatable bonds is 6. The molecule has 0 saturated carbocycles. The second kappa shape index (κ2) is 7.52. The van der Waals surface area contributed by atoms with Crippen molar-refractivity contribution in [1.82, 2.24) is 4.90 Å². The molecule has 0 aliphatic carbocycles. The molecule has 7 heteroatoms. The van der Waals surface area contributed by atoms with Crippen LogP contribution in [0.1, 0.15) is 0 Å². The Bertz CT molecular complexity index is 511. The van der Waals surface area contributed by atoms with E-state index in [1.165, 1.54) is 5.69 Å². The van der Waals surface area contributed by atoms with Crippen molar-refractivity contribution in [2.75, 3.05) is 57.4 Å². The van der Waals surface area contributed by atoms with Gasteiger partial charge in [0.05, 0.1) is 13.2 Å². The van der Waals surface area contributed by atoms with Gasteiger partial charge < -0.3 is 24.8 Å². The molecular formula is C16H23N3O4. The second-order valence-electron chi connectivity index (χ2n) is 5.77. The molecule has 0 radical (unpaired) electrons. The minimum Gasteiger partial charge on any atom is -0.486 e. The van der Waals surface area contributed by atoms with Gasteiger partial charge in [0.1, 0.15) is 18.5 Å². The average molecular weight is 321 g/mol. The number of nitrogens with two attached hydrogens (primary N) is 1. The highest BCUT2D eigenvalue weighted by atomic mass is 16.6. The highest BCUT2D eigenvalue weighted by Gasteiger charge is 2.20. The van der Waals surface area contributed by atoms with Gasteiger partial charge >= 0.3 is 6.09 Å². The van der Waals surface area contributed by atoms with Crippen LogP contribution in [-0.2, 0) is 9.47 Å². The molecule has 2 fully saturated rings. The molecule has 2 N–H and O–H groups in total. The van der Waals surface area contributed by atoms with Gasteiger partial charge in [0.25, 0.3) is 0 Å². The van der Waals surface area contributed by atoms with Gasteiger partial charge in [0, 0.05) is 38.4 Å². The molecule has 2 aliphatic rings. The van der Waals surface area contributed by atoms with Gasteiger partial charge in [-0.05, 0) is 24.3 Å². The number of hydrogen-bond donors (Lipinski definition) is 1.